The maximum Gasteiger partial charge on any atom is 0.252 e. The Bertz CT molecular complexity index is 5210. The molecule has 0 atom stereocenters. The van der Waals surface area contributed by atoms with Gasteiger partial charge in [-0.2, -0.15) is 0 Å². The Kier molecular flexibility index (Phi) is 12.3. The number of furan rings is 2. The minimum Gasteiger partial charge on any atom is -0.456 e. The zero-order valence-electron chi connectivity index (χ0n) is 53.1. The maximum atomic E-state index is 6.66. The van der Waals surface area contributed by atoms with Crippen LogP contribution in [-0.2, 0) is 17.3 Å². The van der Waals surface area contributed by atoms with Gasteiger partial charge in [0, 0.05) is 61.3 Å². The normalized spacial score (nSPS) is 13.5. The van der Waals surface area contributed by atoms with Crippen LogP contribution in [0, 0.1) is 0 Å². The average molecular weight is 1200 g/mol. The fourth-order valence-electron chi connectivity index (χ4n) is 15.9. The molecule has 0 saturated carbocycles. The molecule has 15 aromatic rings. The molecule has 3 aliphatic rings. The smallest absolute Gasteiger partial charge is 0.252 e. The van der Waals surface area contributed by atoms with Gasteiger partial charge in [0.2, 0.25) is 0 Å². The van der Waals surface area contributed by atoms with E-state index in [1.165, 1.54) is 77.6 Å². The topological polar surface area (TPSA) is 32.8 Å². The van der Waals surface area contributed by atoms with Crippen LogP contribution in [-0.4, -0.2) is 6.71 Å². The lowest BCUT2D eigenvalue weighted by Gasteiger charge is -2.46. The number of rotatable bonds is 7. The maximum absolute atomic E-state index is 6.66. The lowest BCUT2D eigenvalue weighted by atomic mass is 9.33. The first kappa shape index (κ1) is 55.0. The van der Waals surface area contributed by atoms with E-state index in [4.69, 9.17) is 8.83 Å². The Morgan fingerprint density at radius 2 is 0.742 bits per heavy atom. The van der Waals surface area contributed by atoms with Crippen LogP contribution in [0.4, 0.5) is 34.1 Å². The largest absolute Gasteiger partial charge is 0.456 e. The summed E-state index contributed by atoms with van der Waals surface area (Å²) in [4.78, 5) is 5.32. The van der Waals surface area contributed by atoms with Crippen molar-refractivity contribution in [3.63, 3.8) is 0 Å². The molecule has 2 aliphatic heterocycles. The van der Waals surface area contributed by atoms with E-state index in [2.05, 4.69) is 330 Å². The molecule has 0 bridgehead atoms. The zero-order valence-corrected chi connectivity index (χ0v) is 53.1. The molecule has 18 rings (SSSR count). The van der Waals surface area contributed by atoms with Gasteiger partial charge in [0.15, 0.2) is 0 Å². The van der Waals surface area contributed by atoms with Gasteiger partial charge >= 0.3 is 0 Å². The van der Waals surface area contributed by atoms with Gasteiger partial charge in [0.05, 0.1) is 11.4 Å². The molecule has 0 spiro atoms. The van der Waals surface area contributed by atoms with Gasteiger partial charge in [-0.05, 0) is 179 Å². The molecule has 2 aromatic heterocycles. The molecule has 0 amide bonds. The van der Waals surface area contributed by atoms with Crippen molar-refractivity contribution in [2.75, 3.05) is 9.80 Å². The molecule has 0 N–H and O–H groups in total. The van der Waals surface area contributed by atoms with E-state index in [0.29, 0.717) is 0 Å². The van der Waals surface area contributed by atoms with Crippen LogP contribution in [0.5, 0.6) is 0 Å². The van der Waals surface area contributed by atoms with Crippen molar-refractivity contribution in [3.8, 4) is 44.5 Å². The van der Waals surface area contributed by atoms with E-state index in [9.17, 15) is 0 Å². The molecule has 93 heavy (non-hydrogen) atoms. The summed E-state index contributed by atoms with van der Waals surface area (Å²) in [6.45, 7) is 13.7. The SMILES string of the molecule is CC(C)(C)c1ccc(N2c3ccc(-c4cccc5oc6ccccc6c45)cc3B3c4cc(-c5cccc6oc7ccccc7c56)ccc4N(c4ccc(C(C)(C)C)cc4-c4ccccc4)c4cc(C5c6ccccc6Cc6ccccc65)cc2c43)c(-c2ccccc2)c1. The Hall–Kier alpha value is -10.9. The number of benzene rings is 13. The van der Waals surface area contributed by atoms with E-state index < -0.39 is 0 Å². The first-order valence-corrected chi connectivity index (χ1v) is 32.8. The van der Waals surface area contributed by atoms with Gasteiger partial charge in [-0.25, -0.2) is 0 Å². The molecular weight excluding hydrogens is 1130 g/mol. The number of nitrogens with zero attached hydrogens (tertiary/aromatic N) is 2. The summed E-state index contributed by atoms with van der Waals surface area (Å²) in [5.74, 6) is -0.0633. The van der Waals surface area contributed by atoms with Crippen molar-refractivity contribution < 1.29 is 8.83 Å². The molecule has 4 heterocycles. The Morgan fingerprint density at radius 3 is 1.20 bits per heavy atom. The molecule has 13 aromatic carbocycles. The molecular formula is C88H67BN2O2. The number of para-hydroxylation sites is 2. The molecule has 0 unspecified atom stereocenters. The van der Waals surface area contributed by atoms with Gasteiger partial charge in [-0.3, -0.25) is 0 Å². The highest BCUT2D eigenvalue weighted by Crippen LogP contribution is 2.53. The third-order valence-electron chi connectivity index (χ3n) is 20.3. The molecule has 1 aliphatic carbocycles. The van der Waals surface area contributed by atoms with Crippen molar-refractivity contribution in [1.29, 1.82) is 0 Å². The summed E-state index contributed by atoms with van der Waals surface area (Å²) in [6.07, 6.45) is 0.887. The van der Waals surface area contributed by atoms with Crippen LogP contribution in [0.15, 0.2) is 288 Å². The summed E-state index contributed by atoms with van der Waals surface area (Å²) in [5.41, 5.74) is 32.3. The minimum absolute atomic E-state index is 0.0633. The van der Waals surface area contributed by atoms with Gasteiger partial charge < -0.3 is 18.6 Å². The number of hydrogen-bond acceptors (Lipinski definition) is 4. The second-order valence-electron chi connectivity index (χ2n) is 27.9. The van der Waals surface area contributed by atoms with Gasteiger partial charge in [0.1, 0.15) is 22.3 Å². The molecule has 0 saturated heterocycles. The van der Waals surface area contributed by atoms with E-state index in [0.717, 1.165) is 107 Å². The number of anilines is 6. The fourth-order valence-corrected chi connectivity index (χ4v) is 15.9. The number of fused-ring (bicyclic) bond motifs is 12. The van der Waals surface area contributed by atoms with Crippen LogP contribution >= 0.6 is 0 Å². The van der Waals surface area contributed by atoms with Crippen LogP contribution < -0.4 is 26.2 Å². The summed E-state index contributed by atoms with van der Waals surface area (Å²) in [7, 11) is 0. The van der Waals surface area contributed by atoms with Crippen molar-refractivity contribution in [1.82, 2.24) is 0 Å². The fraction of sp³-hybridized carbons (Fsp3) is 0.114. The van der Waals surface area contributed by atoms with Crippen molar-refractivity contribution in [2.45, 2.75) is 64.7 Å². The third-order valence-corrected chi connectivity index (χ3v) is 20.3. The highest BCUT2D eigenvalue weighted by atomic mass is 16.3. The molecule has 0 radical (unpaired) electrons. The van der Waals surface area contributed by atoms with Gasteiger partial charge in [-0.15, -0.1) is 0 Å². The molecule has 0 fully saturated rings. The van der Waals surface area contributed by atoms with Crippen molar-refractivity contribution >= 4 is 101 Å². The van der Waals surface area contributed by atoms with E-state index >= 15 is 0 Å². The monoisotopic (exact) mass is 1190 g/mol. The molecule has 4 nitrogen and oxygen atoms in total. The number of hydrogen-bond donors (Lipinski definition) is 0. The lowest BCUT2D eigenvalue weighted by Crippen LogP contribution is -2.61. The Morgan fingerprint density at radius 1 is 0.333 bits per heavy atom. The van der Waals surface area contributed by atoms with Crippen LogP contribution in [0.1, 0.15) is 86.4 Å². The highest BCUT2D eigenvalue weighted by Gasteiger charge is 2.46. The first-order chi connectivity index (χ1) is 45.4. The van der Waals surface area contributed by atoms with Crippen LogP contribution in [0.2, 0.25) is 0 Å². The summed E-state index contributed by atoms with van der Waals surface area (Å²) < 4.78 is 13.3. The minimum atomic E-state index is -0.254. The van der Waals surface area contributed by atoms with Crippen LogP contribution in [0.25, 0.3) is 88.4 Å². The van der Waals surface area contributed by atoms with E-state index in [-0.39, 0.29) is 23.5 Å². The van der Waals surface area contributed by atoms with Gasteiger partial charge in [0.25, 0.3) is 6.71 Å². The first-order valence-electron chi connectivity index (χ1n) is 32.8. The second kappa shape index (κ2) is 20.8. The standard InChI is InChI=1S/C88H67BN2O2/c1-87(2,3)61-41-45-73(69(52-61)54-23-9-7-10-24-54)90-75-43-39-58(65-33-21-37-81-84(65)67-31-17-19-35-79(67)92-81)48-71(75)89-72-49-59(66-34-22-38-82-85(66)68-32-18-20-36-80(68)93-82)40-44-76(72)91(74-46-42-62(88(4,5)6)53-70(74)55-25-11-8-12-26-55)78-51-60(50-77(90)86(78)89)83-63-29-15-13-27-56(63)47-57-28-14-16-30-64(57)83/h7-46,48-53,83H,47H2,1-6H3. The second-order valence-corrected chi connectivity index (χ2v) is 27.9. The Labute approximate surface area is 543 Å². The highest BCUT2D eigenvalue weighted by molar-refractivity contribution is 7.00. The Balaban J connectivity index is 1.01. The zero-order chi connectivity index (χ0) is 62.4. The van der Waals surface area contributed by atoms with Gasteiger partial charge in [-0.1, -0.05) is 248 Å². The predicted octanol–water partition coefficient (Wildman–Crippen LogP) is 21.9. The van der Waals surface area contributed by atoms with E-state index in [1.54, 1.807) is 0 Å². The third kappa shape index (κ3) is 8.74. The average Bonchev–Trinajstić information content (AvgIpc) is 1.50. The summed E-state index contributed by atoms with van der Waals surface area (Å²) in [6, 6.07) is 105. The van der Waals surface area contributed by atoms with E-state index in [1.807, 2.05) is 0 Å². The quantitative estimate of drug-likeness (QED) is 0.149. The summed E-state index contributed by atoms with van der Waals surface area (Å²) >= 11 is 0. The predicted molar refractivity (Wildman–Crippen MR) is 391 cm³/mol. The van der Waals surface area contributed by atoms with Crippen molar-refractivity contribution in [2.24, 2.45) is 0 Å². The lowest BCUT2D eigenvalue weighted by molar-refractivity contribution is 0.590. The van der Waals surface area contributed by atoms with Crippen LogP contribution in [0.3, 0.4) is 0 Å². The molecule has 444 valence electrons. The molecule has 5 heteroatoms. The van der Waals surface area contributed by atoms with Crippen molar-refractivity contribution in [3.05, 3.63) is 318 Å². The summed E-state index contributed by atoms with van der Waals surface area (Å²) in [5, 5.41) is 4.45.